The van der Waals surface area contributed by atoms with Crippen LogP contribution in [0.5, 0.6) is 0 Å². The van der Waals surface area contributed by atoms with Crippen LogP contribution in [0.1, 0.15) is 58.1 Å². The van der Waals surface area contributed by atoms with Crippen LogP contribution in [0.4, 0.5) is 0 Å². The highest BCUT2D eigenvalue weighted by molar-refractivity contribution is 6.30. The van der Waals surface area contributed by atoms with E-state index in [0.29, 0.717) is 16.4 Å². The van der Waals surface area contributed by atoms with Crippen molar-refractivity contribution in [2.75, 3.05) is 0 Å². The molecule has 4 aliphatic rings. The van der Waals surface area contributed by atoms with E-state index in [9.17, 15) is 0 Å². The SMILES string of the molecule is CC12CC3CC(C)(C1)CC(NCc1ccc(-c4ccc(Cl)cc4)o1)(C3)C2. The molecule has 0 amide bonds. The molecule has 6 rings (SSSR count). The third-order valence-corrected chi connectivity index (χ3v) is 7.31. The van der Waals surface area contributed by atoms with Crippen molar-refractivity contribution in [3.63, 3.8) is 0 Å². The third-order valence-electron chi connectivity index (χ3n) is 7.05. The van der Waals surface area contributed by atoms with Gasteiger partial charge in [-0.05, 0) is 91.7 Å². The van der Waals surface area contributed by atoms with E-state index >= 15 is 0 Å². The van der Waals surface area contributed by atoms with Crippen LogP contribution >= 0.6 is 11.6 Å². The number of hydrogen-bond donors (Lipinski definition) is 1. The molecule has 4 fully saturated rings. The summed E-state index contributed by atoms with van der Waals surface area (Å²) in [5, 5.41) is 4.71. The zero-order chi connectivity index (χ0) is 18.0. The van der Waals surface area contributed by atoms with Gasteiger partial charge in [-0.15, -0.1) is 0 Å². The topological polar surface area (TPSA) is 25.2 Å². The number of benzene rings is 1. The van der Waals surface area contributed by atoms with Crippen LogP contribution in [0, 0.1) is 16.7 Å². The van der Waals surface area contributed by atoms with Crippen LogP contribution in [0.3, 0.4) is 0 Å². The first-order valence-corrected chi connectivity index (χ1v) is 10.3. The smallest absolute Gasteiger partial charge is 0.134 e. The first-order valence-electron chi connectivity index (χ1n) is 9.94. The predicted octanol–water partition coefficient (Wildman–Crippen LogP) is 6.44. The minimum atomic E-state index is 0.316. The van der Waals surface area contributed by atoms with Gasteiger partial charge in [-0.25, -0.2) is 0 Å². The molecule has 0 saturated heterocycles. The summed E-state index contributed by atoms with van der Waals surface area (Å²) in [6.07, 6.45) is 8.30. The highest BCUT2D eigenvalue weighted by Crippen LogP contribution is 2.66. The zero-order valence-electron chi connectivity index (χ0n) is 15.8. The minimum Gasteiger partial charge on any atom is -0.460 e. The van der Waals surface area contributed by atoms with E-state index in [1.165, 1.54) is 38.5 Å². The summed E-state index contributed by atoms with van der Waals surface area (Å²) in [7, 11) is 0. The molecule has 0 radical (unpaired) electrons. The number of hydrogen-bond acceptors (Lipinski definition) is 2. The molecule has 2 aromatic rings. The molecule has 4 saturated carbocycles. The highest BCUT2D eigenvalue weighted by atomic mass is 35.5. The summed E-state index contributed by atoms with van der Waals surface area (Å²) in [6, 6.07) is 12.0. The molecule has 2 nitrogen and oxygen atoms in total. The van der Waals surface area contributed by atoms with E-state index in [-0.39, 0.29) is 0 Å². The maximum absolute atomic E-state index is 6.12. The van der Waals surface area contributed by atoms with Crippen molar-refractivity contribution in [3.8, 4) is 11.3 Å². The van der Waals surface area contributed by atoms with Crippen molar-refractivity contribution in [3.05, 3.63) is 47.2 Å². The lowest BCUT2D eigenvalue weighted by atomic mass is 9.43. The summed E-state index contributed by atoms with van der Waals surface area (Å²) in [4.78, 5) is 0. The van der Waals surface area contributed by atoms with E-state index in [1.807, 2.05) is 24.3 Å². The Balaban J connectivity index is 1.32. The van der Waals surface area contributed by atoms with Gasteiger partial charge in [0.05, 0.1) is 6.54 Å². The predicted molar refractivity (Wildman–Crippen MR) is 106 cm³/mol. The summed E-state index contributed by atoms with van der Waals surface area (Å²) in [5.41, 5.74) is 2.48. The molecular formula is C23H28ClNO. The normalized spacial score (nSPS) is 38.0. The Labute approximate surface area is 161 Å². The second kappa shape index (κ2) is 5.62. The van der Waals surface area contributed by atoms with E-state index in [0.717, 1.165) is 34.6 Å². The lowest BCUT2D eigenvalue weighted by molar-refractivity contribution is -0.118. The van der Waals surface area contributed by atoms with Crippen molar-refractivity contribution in [1.29, 1.82) is 0 Å². The maximum atomic E-state index is 6.12. The van der Waals surface area contributed by atoms with Gasteiger partial charge in [0.2, 0.25) is 0 Å². The fourth-order valence-corrected chi connectivity index (χ4v) is 7.29. The van der Waals surface area contributed by atoms with Crippen molar-refractivity contribution in [2.45, 2.75) is 64.5 Å². The second-order valence-electron chi connectivity index (χ2n) is 10.0. The molecule has 1 aromatic carbocycles. The van der Waals surface area contributed by atoms with Crippen molar-refractivity contribution >= 4 is 11.6 Å². The third kappa shape index (κ3) is 2.92. The average Bonchev–Trinajstić information content (AvgIpc) is 2.99. The Hall–Kier alpha value is -1.25. The highest BCUT2D eigenvalue weighted by Gasteiger charge is 2.59. The monoisotopic (exact) mass is 369 g/mol. The van der Waals surface area contributed by atoms with Gasteiger partial charge in [0.25, 0.3) is 0 Å². The molecule has 4 aliphatic carbocycles. The van der Waals surface area contributed by atoms with Crippen molar-refractivity contribution < 1.29 is 4.42 Å². The fourth-order valence-electron chi connectivity index (χ4n) is 7.16. The van der Waals surface area contributed by atoms with Gasteiger partial charge in [-0.2, -0.15) is 0 Å². The number of nitrogens with one attached hydrogen (secondary N) is 1. The number of rotatable bonds is 4. The molecule has 1 aromatic heterocycles. The molecule has 2 atom stereocenters. The summed E-state index contributed by atoms with van der Waals surface area (Å²) >= 11 is 5.99. The quantitative estimate of drug-likeness (QED) is 0.670. The Morgan fingerprint density at radius 3 is 2.31 bits per heavy atom. The van der Waals surface area contributed by atoms with Crippen molar-refractivity contribution in [2.24, 2.45) is 16.7 Å². The summed E-state index contributed by atoms with van der Waals surface area (Å²) < 4.78 is 6.12. The molecule has 2 unspecified atom stereocenters. The van der Waals surface area contributed by atoms with E-state index in [1.54, 1.807) is 0 Å². The lowest BCUT2D eigenvalue weighted by Crippen LogP contribution is -2.63. The Morgan fingerprint density at radius 1 is 0.962 bits per heavy atom. The Kier molecular flexibility index (Phi) is 3.65. The molecule has 4 bridgehead atoms. The van der Waals surface area contributed by atoms with Gasteiger partial charge in [0.15, 0.2) is 0 Å². The molecule has 1 N–H and O–H groups in total. The molecule has 0 spiro atoms. The molecular weight excluding hydrogens is 342 g/mol. The minimum absolute atomic E-state index is 0.316. The van der Waals surface area contributed by atoms with Gasteiger partial charge in [-0.1, -0.05) is 25.4 Å². The largest absolute Gasteiger partial charge is 0.460 e. The lowest BCUT2D eigenvalue weighted by Gasteiger charge is -2.65. The zero-order valence-corrected chi connectivity index (χ0v) is 16.5. The van der Waals surface area contributed by atoms with Gasteiger partial charge in [0.1, 0.15) is 11.5 Å². The summed E-state index contributed by atoms with van der Waals surface area (Å²) in [6.45, 7) is 5.88. The van der Waals surface area contributed by atoms with Gasteiger partial charge >= 0.3 is 0 Å². The van der Waals surface area contributed by atoms with Crippen LogP contribution < -0.4 is 5.32 Å². The van der Waals surface area contributed by atoms with Gasteiger partial charge in [0, 0.05) is 16.1 Å². The van der Waals surface area contributed by atoms with E-state index in [2.05, 4.69) is 31.3 Å². The van der Waals surface area contributed by atoms with E-state index in [4.69, 9.17) is 16.0 Å². The van der Waals surface area contributed by atoms with Gasteiger partial charge < -0.3 is 9.73 Å². The van der Waals surface area contributed by atoms with Crippen LogP contribution in [-0.2, 0) is 6.54 Å². The number of halogens is 1. The van der Waals surface area contributed by atoms with E-state index < -0.39 is 0 Å². The van der Waals surface area contributed by atoms with Gasteiger partial charge in [-0.3, -0.25) is 0 Å². The molecule has 138 valence electrons. The fraction of sp³-hybridized carbons (Fsp3) is 0.565. The Bertz CT molecular complexity index is 805. The molecule has 3 heteroatoms. The first-order chi connectivity index (χ1) is 12.3. The van der Waals surface area contributed by atoms with Crippen LogP contribution in [0.25, 0.3) is 11.3 Å². The standard InChI is InChI=1S/C23H28ClNO/c1-21-9-16-10-22(2,13-21)15-23(11-16,14-21)25-12-19-7-8-20(26-19)17-3-5-18(24)6-4-17/h3-8,16,25H,9-15H2,1-2H3. The molecule has 0 aliphatic heterocycles. The number of furan rings is 1. The average molecular weight is 370 g/mol. The molecule has 26 heavy (non-hydrogen) atoms. The van der Waals surface area contributed by atoms with Crippen molar-refractivity contribution in [1.82, 2.24) is 5.32 Å². The first kappa shape index (κ1) is 16.9. The van der Waals surface area contributed by atoms with Crippen LogP contribution in [0.2, 0.25) is 5.02 Å². The molecule has 1 heterocycles. The van der Waals surface area contributed by atoms with Crippen LogP contribution in [-0.4, -0.2) is 5.54 Å². The summed E-state index contributed by atoms with van der Waals surface area (Å²) in [5.74, 6) is 2.86. The Morgan fingerprint density at radius 2 is 1.65 bits per heavy atom. The maximum Gasteiger partial charge on any atom is 0.134 e. The second-order valence-corrected chi connectivity index (χ2v) is 10.5. The van der Waals surface area contributed by atoms with Crippen LogP contribution in [0.15, 0.2) is 40.8 Å².